The molecule has 0 aromatic carbocycles. The summed E-state index contributed by atoms with van der Waals surface area (Å²) in [5.74, 6) is 0. The van der Waals surface area contributed by atoms with Crippen molar-refractivity contribution in [3.8, 4) is 0 Å². The molecule has 0 aromatic rings. The molecule has 1 aliphatic rings. The van der Waals surface area contributed by atoms with E-state index in [0.29, 0.717) is 5.16 Å². The van der Waals surface area contributed by atoms with E-state index in [-0.39, 0.29) is 6.04 Å². The maximum absolute atomic E-state index is 12.0. The van der Waals surface area contributed by atoms with Gasteiger partial charge in [0.1, 0.15) is 5.16 Å². The summed E-state index contributed by atoms with van der Waals surface area (Å²) < 4.78 is 25.8. The van der Waals surface area contributed by atoms with Gasteiger partial charge in [0.05, 0.1) is 0 Å². The van der Waals surface area contributed by atoms with Gasteiger partial charge in [-0.25, -0.2) is 18.1 Å². The van der Waals surface area contributed by atoms with Gasteiger partial charge in [0.2, 0.25) is 14.7 Å². The van der Waals surface area contributed by atoms with Crippen molar-refractivity contribution in [1.82, 2.24) is 14.7 Å². The molecule has 5 nitrogen and oxygen atoms in total. The van der Waals surface area contributed by atoms with Crippen LogP contribution in [0.4, 0.5) is 0 Å². The smallest absolute Gasteiger partial charge is 0.244 e. The number of thioether (sulfide) groups is 1. The zero-order valence-corrected chi connectivity index (χ0v) is 12.0. The second-order valence-corrected chi connectivity index (χ2v) is 7.31. The fourth-order valence-corrected chi connectivity index (χ4v) is 4.83. The molecule has 0 aliphatic carbocycles. The lowest BCUT2D eigenvalue weighted by Gasteiger charge is -2.31. The van der Waals surface area contributed by atoms with Crippen LogP contribution in [0.1, 0.15) is 13.8 Å². The molecule has 0 saturated carbocycles. The Kier molecular flexibility index (Phi) is 4.53. The normalized spacial score (nSPS) is 22.1. The van der Waals surface area contributed by atoms with Crippen LogP contribution in [0.5, 0.6) is 0 Å². The van der Waals surface area contributed by atoms with E-state index >= 15 is 0 Å². The third-order valence-corrected chi connectivity index (χ3v) is 5.62. The molecule has 0 aromatic heterocycles. The maximum atomic E-state index is 12.0. The molecule has 1 rings (SSSR count). The van der Waals surface area contributed by atoms with Gasteiger partial charge in [-0.3, -0.25) is 5.01 Å². The van der Waals surface area contributed by atoms with Crippen molar-refractivity contribution in [2.75, 3.05) is 14.1 Å². The Morgan fingerprint density at radius 3 is 2.56 bits per heavy atom. The van der Waals surface area contributed by atoms with E-state index in [0.717, 1.165) is 0 Å². The van der Waals surface area contributed by atoms with E-state index < -0.39 is 14.7 Å². The maximum Gasteiger partial charge on any atom is 0.244 e. The Morgan fingerprint density at radius 1 is 1.56 bits per heavy atom. The highest BCUT2D eigenvalue weighted by Gasteiger charge is 2.38. The fraction of sp³-hybridized carbons (Fsp3) is 0.750. The van der Waals surface area contributed by atoms with Gasteiger partial charge in [-0.2, -0.15) is 0 Å². The van der Waals surface area contributed by atoms with Crippen molar-refractivity contribution in [3.05, 3.63) is 10.6 Å². The van der Waals surface area contributed by atoms with Crippen LogP contribution in [-0.4, -0.2) is 43.3 Å². The molecule has 16 heavy (non-hydrogen) atoms. The fourth-order valence-electron chi connectivity index (χ4n) is 1.30. The van der Waals surface area contributed by atoms with E-state index in [4.69, 9.17) is 11.6 Å². The van der Waals surface area contributed by atoms with Crippen LogP contribution in [-0.2, 0) is 10.0 Å². The van der Waals surface area contributed by atoms with Crippen LogP contribution in [0.2, 0.25) is 0 Å². The molecule has 0 bridgehead atoms. The van der Waals surface area contributed by atoms with Crippen molar-refractivity contribution >= 4 is 33.4 Å². The summed E-state index contributed by atoms with van der Waals surface area (Å²) >= 11 is 7.12. The number of hydrogen-bond donors (Lipinski definition) is 1. The number of sulfonamides is 1. The summed E-state index contributed by atoms with van der Waals surface area (Å²) in [6.45, 7) is 3.57. The predicted octanol–water partition coefficient (Wildman–Crippen LogP) is 1.16. The molecule has 1 atom stereocenters. The molecule has 1 aliphatic heterocycles. The van der Waals surface area contributed by atoms with Gasteiger partial charge in [0.25, 0.3) is 0 Å². The van der Waals surface area contributed by atoms with Gasteiger partial charge < -0.3 is 0 Å². The highest BCUT2D eigenvalue weighted by atomic mass is 35.5. The quantitative estimate of drug-likeness (QED) is 0.786. The van der Waals surface area contributed by atoms with Gasteiger partial charge in [0, 0.05) is 25.5 Å². The summed E-state index contributed by atoms with van der Waals surface area (Å²) in [5, 5.41) is 5.22. The van der Waals surface area contributed by atoms with Crippen molar-refractivity contribution in [2.24, 2.45) is 0 Å². The van der Waals surface area contributed by atoms with Crippen molar-refractivity contribution in [1.29, 1.82) is 0 Å². The van der Waals surface area contributed by atoms with Gasteiger partial charge in [-0.15, -0.1) is 0 Å². The number of nitrogens with one attached hydrogen (secondary N) is 1. The second kappa shape index (κ2) is 5.14. The first kappa shape index (κ1) is 14.1. The van der Waals surface area contributed by atoms with Crippen LogP contribution < -0.4 is 4.72 Å². The molecule has 0 amide bonds. The van der Waals surface area contributed by atoms with Crippen LogP contribution in [0.3, 0.4) is 0 Å². The van der Waals surface area contributed by atoms with Crippen LogP contribution in [0.15, 0.2) is 10.6 Å². The summed E-state index contributed by atoms with van der Waals surface area (Å²) in [4.78, 5) is 0. The van der Waals surface area contributed by atoms with E-state index in [2.05, 4.69) is 4.72 Å². The second-order valence-electron chi connectivity index (χ2n) is 3.89. The van der Waals surface area contributed by atoms with Gasteiger partial charge >= 0.3 is 0 Å². The first-order valence-corrected chi connectivity index (χ1v) is 7.61. The van der Waals surface area contributed by atoms with Crippen LogP contribution in [0.25, 0.3) is 0 Å². The third kappa shape index (κ3) is 3.04. The minimum Gasteiger partial charge on any atom is -0.265 e. The lowest BCUT2D eigenvalue weighted by molar-refractivity contribution is 0.0906. The van der Waals surface area contributed by atoms with Gasteiger partial charge in [0.15, 0.2) is 0 Å². The molecular weight excluding hydrogens is 270 g/mol. The average Bonchev–Trinajstić information content (AvgIpc) is 2.44. The number of halogens is 1. The Balaban J connectivity index is 2.90. The summed E-state index contributed by atoms with van der Waals surface area (Å²) in [6, 6.07) is -0.131. The predicted molar refractivity (Wildman–Crippen MR) is 68.0 cm³/mol. The molecule has 1 N–H and O–H groups in total. The minimum atomic E-state index is -3.43. The van der Waals surface area contributed by atoms with Crippen molar-refractivity contribution in [3.63, 3.8) is 0 Å². The average molecular weight is 286 g/mol. The van der Waals surface area contributed by atoms with E-state index in [1.54, 1.807) is 38.4 Å². The topological polar surface area (TPSA) is 52.7 Å². The monoisotopic (exact) mass is 285 g/mol. The van der Waals surface area contributed by atoms with Crippen LogP contribution in [0, 0.1) is 0 Å². The molecule has 0 radical (unpaired) electrons. The minimum absolute atomic E-state index is 0.131. The molecule has 0 fully saturated rings. The Hall–Kier alpha value is 0.0500. The zero-order chi connectivity index (χ0) is 12.5. The largest absolute Gasteiger partial charge is 0.265 e. The lowest BCUT2D eigenvalue weighted by atomic mass is 10.4. The Morgan fingerprint density at radius 2 is 2.12 bits per heavy atom. The van der Waals surface area contributed by atoms with Crippen molar-refractivity contribution < 1.29 is 8.42 Å². The molecule has 8 heteroatoms. The highest BCUT2D eigenvalue weighted by Crippen LogP contribution is 2.36. The standard InChI is InChI=1S/C8H16ClN3O2S2/c1-6(2)10-16(13,14)8-12(11(3)4)7(9)5-15-8/h5-6,8,10H,1-4H3. The Bertz CT molecular complexity index is 381. The first-order chi connectivity index (χ1) is 7.25. The lowest BCUT2D eigenvalue weighted by Crippen LogP contribution is -2.48. The van der Waals surface area contributed by atoms with E-state index in [1.807, 2.05) is 0 Å². The van der Waals surface area contributed by atoms with Crippen LogP contribution >= 0.6 is 23.4 Å². The van der Waals surface area contributed by atoms with Gasteiger partial charge in [-0.05, 0) is 13.8 Å². The number of rotatable bonds is 4. The SMILES string of the molecule is CC(C)NS(=O)(=O)C1SC=C(Cl)N1N(C)C. The molecule has 1 heterocycles. The first-order valence-electron chi connectivity index (χ1n) is 4.74. The third-order valence-electron chi connectivity index (χ3n) is 1.80. The number of hydrazine groups is 1. The zero-order valence-electron chi connectivity index (χ0n) is 9.64. The van der Waals surface area contributed by atoms with Crippen molar-refractivity contribution in [2.45, 2.75) is 24.6 Å². The number of nitrogens with zero attached hydrogens (tertiary/aromatic N) is 2. The van der Waals surface area contributed by atoms with E-state index in [9.17, 15) is 8.42 Å². The molecule has 1 unspecified atom stereocenters. The summed E-state index contributed by atoms with van der Waals surface area (Å²) in [6.07, 6.45) is 0. The van der Waals surface area contributed by atoms with Gasteiger partial charge in [-0.1, -0.05) is 23.4 Å². The highest BCUT2D eigenvalue weighted by molar-refractivity contribution is 8.14. The molecular formula is C8H16ClN3O2S2. The Labute approximate surface area is 106 Å². The summed E-state index contributed by atoms with van der Waals surface area (Å²) in [7, 11) is 0.0743. The molecule has 0 spiro atoms. The molecule has 94 valence electrons. The molecule has 0 saturated heterocycles. The van der Waals surface area contributed by atoms with E-state index in [1.165, 1.54) is 16.8 Å². The number of hydrogen-bond acceptors (Lipinski definition) is 5. The summed E-state index contributed by atoms with van der Waals surface area (Å²) in [5.41, 5.74) is 0.